The predicted octanol–water partition coefficient (Wildman–Crippen LogP) is 1.33. The van der Waals surface area contributed by atoms with Crippen molar-refractivity contribution < 1.29 is 0 Å². The molecule has 0 aromatic heterocycles. The molecule has 0 fully saturated rings. The van der Waals surface area contributed by atoms with Gasteiger partial charge in [-0.3, -0.25) is 5.01 Å². The van der Waals surface area contributed by atoms with Gasteiger partial charge < -0.3 is 0 Å². The minimum Gasteiger partial charge on any atom is -0.294 e. The SMILES string of the molecule is CC1C=NN(C)C1(C)C. The van der Waals surface area contributed by atoms with E-state index < -0.39 is 0 Å². The Bertz CT molecular complexity index is 124. The topological polar surface area (TPSA) is 15.6 Å². The normalized spacial score (nSPS) is 31.6. The van der Waals surface area contributed by atoms with Crippen LogP contribution < -0.4 is 0 Å². The largest absolute Gasteiger partial charge is 0.294 e. The van der Waals surface area contributed by atoms with Crippen LogP contribution in [0.3, 0.4) is 0 Å². The van der Waals surface area contributed by atoms with E-state index in [4.69, 9.17) is 0 Å². The lowest BCUT2D eigenvalue weighted by molar-refractivity contribution is 0.160. The first-order chi connectivity index (χ1) is 4.05. The van der Waals surface area contributed by atoms with Gasteiger partial charge in [-0.15, -0.1) is 0 Å². The molecule has 1 heterocycles. The van der Waals surface area contributed by atoms with Gasteiger partial charge in [0.05, 0.1) is 5.54 Å². The second-order valence-corrected chi connectivity index (χ2v) is 3.23. The molecule has 2 heteroatoms. The van der Waals surface area contributed by atoms with Crippen molar-refractivity contribution in [2.75, 3.05) is 7.05 Å². The first kappa shape index (κ1) is 6.59. The summed E-state index contributed by atoms with van der Waals surface area (Å²) >= 11 is 0. The summed E-state index contributed by atoms with van der Waals surface area (Å²) in [5.41, 5.74) is 0.222. The molecule has 0 aromatic carbocycles. The molecule has 0 aromatic rings. The molecule has 1 rings (SSSR count). The Balaban J connectivity index is 2.76. The average molecular weight is 126 g/mol. The Hall–Kier alpha value is -0.530. The number of hydrogen-bond donors (Lipinski definition) is 0. The molecular formula is C7H14N2. The summed E-state index contributed by atoms with van der Waals surface area (Å²) in [5.74, 6) is 0.572. The second-order valence-electron chi connectivity index (χ2n) is 3.23. The third-order valence-electron chi connectivity index (χ3n) is 2.41. The molecule has 1 aliphatic rings. The molecule has 0 bridgehead atoms. The fourth-order valence-corrected chi connectivity index (χ4v) is 0.826. The van der Waals surface area contributed by atoms with Crippen molar-refractivity contribution in [2.24, 2.45) is 11.0 Å². The summed E-state index contributed by atoms with van der Waals surface area (Å²) in [6, 6.07) is 0. The van der Waals surface area contributed by atoms with E-state index >= 15 is 0 Å². The zero-order chi connectivity index (χ0) is 7.07. The Morgan fingerprint density at radius 1 is 1.56 bits per heavy atom. The molecule has 1 atom stereocenters. The van der Waals surface area contributed by atoms with Crippen LogP contribution in [0.15, 0.2) is 5.10 Å². The van der Waals surface area contributed by atoms with Gasteiger partial charge in [-0.1, -0.05) is 6.92 Å². The minimum atomic E-state index is 0.222. The van der Waals surface area contributed by atoms with Crippen LogP contribution in [0.4, 0.5) is 0 Å². The Morgan fingerprint density at radius 3 is 2.22 bits per heavy atom. The molecule has 0 N–H and O–H groups in total. The lowest BCUT2D eigenvalue weighted by Crippen LogP contribution is -2.38. The molecule has 9 heavy (non-hydrogen) atoms. The van der Waals surface area contributed by atoms with E-state index in [9.17, 15) is 0 Å². The molecule has 1 aliphatic heterocycles. The fourth-order valence-electron chi connectivity index (χ4n) is 0.826. The average Bonchev–Trinajstić information content (AvgIpc) is 1.96. The molecule has 0 amide bonds. The first-order valence-electron chi connectivity index (χ1n) is 3.33. The van der Waals surface area contributed by atoms with Gasteiger partial charge in [-0.05, 0) is 13.8 Å². The molecule has 2 nitrogen and oxygen atoms in total. The van der Waals surface area contributed by atoms with Crippen LogP contribution in [-0.2, 0) is 0 Å². The van der Waals surface area contributed by atoms with Crippen LogP contribution in [0.2, 0.25) is 0 Å². The van der Waals surface area contributed by atoms with Gasteiger partial charge in [0.25, 0.3) is 0 Å². The van der Waals surface area contributed by atoms with E-state index in [0.29, 0.717) is 5.92 Å². The summed E-state index contributed by atoms with van der Waals surface area (Å²) in [5, 5.41) is 6.19. The van der Waals surface area contributed by atoms with Crippen molar-refractivity contribution in [2.45, 2.75) is 26.3 Å². The highest BCUT2D eigenvalue weighted by molar-refractivity contribution is 5.64. The molecule has 0 saturated heterocycles. The molecule has 0 saturated carbocycles. The number of hydrogen-bond acceptors (Lipinski definition) is 2. The maximum atomic E-state index is 4.18. The van der Waals surface area contributed by atoms with Crippen molar-refractivity contribution >= 4 is 6.21 Å². The van der Waals surface area contributed by atoms with Gasteiger partial charge in [-0.2, -0.15) is 5.10 Å². The van der Waals surface area contributed by atoms with Crippen molar-refractivity contribution in [3.8, 4) is 0 Å². The Kier molecular flexibility index (Phi) is 1.26. The predicted molar refractivity (Wildman–Crippen MR) is 39.5 cm³/mol. The van der Waals surface area contributed by atoms with E-state index in [2.05, 4.69) is 25.9 Å². The van der Waals surface area contributed by atoms with Crippen LogP contribution in [0.5, 0.6) is 0 Å². The molecule has 0 spiro atoms. The van der Waals surface area contributed by atoms with E-state index in [0.717, 1.165) is 0 Å². The Morgan fingerprint density at radius 2 is 2.11 bits per heavy atom. The van der Waals surface area contributed by atoms with Gasteiger partial charge in [0.2, 0.25) is 0 Å². The Labute approximate surface area is 56.5 Å². The molecule has 52 valence electrons. The van der Waals surface area contributed by atoms with Crippen molar-refractivity contribution in [1.82, 2.24) is 5.01 Å². The molecule has 1 unspecified atom stereocenters. The molecular weight excluding hydrogens is 112 g/mol. The quantitative estimate of drug-likeness (QED) is 0.478. The van der Waals surface area contributed by atoms with Crippen LogP contribution in [0.25, 0.3) is 0 Å². The maximum Gasteiger partial charge on any atom is 0.0595 e. The zero-order valence-corrected chi connectivity index (χ0v) is 6.55. The van der Waals surface area contributed by atoms with Crippen LogP contribution >= 0.6 is 0 Å². The van der Waals surface area contributed by atoms with Crippen molar-refractivity contribution in [3.63, 3.8) is 0 Å². The zero-order valence-electron chi connectivity index (χ0n) is 6.55. The van der Waals surface area contributed by atoms with E-state index in [1.807, 2.05) is 18.3 Å². The number of hydrazone groups is 1. The molecule has 0 radical (unpaired) electrons. The lowest BCUT2D eigenvalue weighted by atomic mass is 9.91. The monoisotopic (exact) mass is 126 g/mol. The minimum absolute atomic E-state index is 0.222. The standard InChI is InChI=1S/C7H14N2/c1-6-5-8-9(4)7(6,2)3/h5-6H,1-4H3. The van der Waals surface area contributed by atoms with Gasteiger partial charge in [-0.25, -0.2) is 0 Å². The lowest BCUT2D eigenvalue weighted by Gasteiger charge is -2.30. The van der Waals surface area contributed by atoms with E-state index in [-0.39, 0.29) is 5.54 Å². The fraction of sp³-hybridized carbons (Fsp3) is 0.857. The van der Waals surface area contributed by atoms with Crippen LogP contribution in [0, 0.1) is 5.92 Å². The van der Waals surface area contributed by atoms with E-state index in [1.165, 1.54) is 0 Å². The van der Waals surface area contributed by atoms with Gasteiger partial charge >= 0.3 is 0 Å². The summed E-state index contributed by atoms with van der Waals surface area (Å²) in [4.78, 5) is 0. The smallest absolute Gasteiger partial charge is 0.0595 e. The van der Waals surface area contributed by atoms with Gasteiger partial charge in [0.15, 0.2) is 0 Å². The highest BCUT2D eigenvalue weighted by Crippen LogP contribution is 2.26. The van der Waals surface area contributed by atoms with Gasteiger partial charge in [0.1, 0.15) is 0 Å². The van der Waals surface area contributed by atoms with Crippen LogP contribution in [0.1, 0.15) is 20.8 Å². The van der Waals surface area contributed by atoms with Gasteiger partial charge in [0, 0.05) is 19.2 Å². The summed E-state index contributed by atoms with van der Waals surface area (Å²) in [6.07, 6.45) is 2.00. The summed E-state index contributed by atoms with van der Waals surface area (Å²) < 4.78 is 0. The summed E-state index contributed by atoms with van der Waals surface area (Å²) in [7, 11) is 2.01. The van der Waals surface area contributed by atoms with Crippen molar-refractivity contribution in [3.05, 3.63) is 0 Å². The summed E-state index contributed by atoms with van der Waals surface area (Å²) in [6.45, 7) is 6.59. The molecule has 0 aliphatic carbocycles. The third kappa shape index (κ3) is 0.824. The van der Waals surface area contributed by atoms with Crippen molar-refractivity contribution in [1.29, 1.82) is 0 Å². The highest BCUT2D eigenvalue weighted by atomic mass is 15.5. The second kappa shape index (κ2) is 1.72. The van der Waals surface area contributed by atoms with Crippen LogP contribution in [-0.4, -0.2) is 23.8 Å². The third-order valence-corrected chi connectivity index (χ3v) is 2.41. The highest BCUT2D eigenvalue weighted by Gasteiger charge is 2.32. The number of rotatable bonds is 0. The maximum absolute atomic E-state index is 4.18. The number of nitrogens with zero attached hydrogens (tertiary/aromatic N) is 2. The van der Waals surface area contributed by atoms with E-state index in [1.54, 1.807) is 0 Å². The first-order valence-corrected chi connectivity index (χ1v) is 3.33.